The lowest BCUT2D eigenvalue weighted by Gasteiger charge is -2.12. The van der Waals surface area contributed by atoms with Crippen molar-refractivity contribution in [2.45, 2.75) is 18.1 Å². The Morgan fingerprint density at radius 2 is 1.71 bits per heavy atom. The SMILES string of the molecule is CSc1ccc(-c2ccc(N=N)c(N)n2)cc1C(=O)Nc1ccc(COCc2ccccc2)cc1. The van der Waals surface area contributed by atoms with E-state index >= 15 is 0 Å². The number of thioether (sulfide) groups is 1. The predicted octanol–water partition coefficient (Wildman–Crippen LogP) is 6.68. The lowest BCUT2D eigenvalue weighted by atomic mass is 10.1. The molecular weight excluding hydrogens is 458 g/mol. The molecule has 0 aliphatic rings. The Morgan fingerprint density at radius 3 is 2.37 bits per heavy atom. The Kier molecular flexibility index (Phi) is 7.87. The zero-order valence-electron chi connectivity index (χ0n) is 19.2. The summed E-state index contributed by atoms with van der Waals surface area (Å²) in [7, 11) is 0. The summed E-state index contributed by atoms with van der Waals surface area (Å²) < 4.78 is 5.78. The normalized spacial score (nSPS) is 10.7. The topological polar surface area (TPSA) is 113 Å². The minimum Gasteiger partial charge on any atom is -0.382 e. The average Bonchev–Trinajstić information content (AvgIpc) is 2.90. The number of rotatable bonds is 9. The van der Waals surface area contributed by atoms with Gasteiger partial charge in [-0.2, -0.15) is 5.11 Å². The summed E-state index contributed by atoms with van der Waals surface area (Å²) in [6.45, 7) is 1.04. The fraction of sp³-hybridized carbons (Fsp3) is 0.111. The molecule has 0 aliphatic carbocycles. The van der Waals surface area contributed by atoms with Gasteiger partial charge in [-0.3, -0.25) is 4.79 Å². The number of ether oxygens (including phenoxy) is 1. The number of carbonyl (C=O) groups is 1. The quantitative estimate of drug-likeness (QED) is 0.181. The maximum Gasteiger partial charge on any atom is 0.256 e. The number of aromatic nitrogens is 1. The highest BCUT2D eigenvalue weighted by molar-refractivity contribution is 7.98. The lowest BCUT2D eigenvalue weighted by molar-refractivity contribution is 0.102. The molecule has 0 fully saturated rings. The van der Waals surface area contributed by atoms with Gasteiger partial charge in [0.2, 0.25) is 0 Å². The van der Waals surface area contributed by atoms with Crippen LogP contribution >= 0.6 is 11.8 Å². The number of amides is 1. The number of nitrogens with one attached hydrogen (secondary N) is 2. The number of nitrogens with two attached hydrogens (primary N) is 1. The summed E-state index contributed by atoms with van der Waals surface area (Å²) in [5.41, 5.74) is 18.1. The van der Waals surface area contributed by atoms with Gasteiger partial charge < -0.3 is 15.8 Å². The number of nitrogens with zero attached hydrogens (tertiary/aromatic N) is 2. The number of hydrogen-bond acceptors (Lipinski definition) is 7. The van der Waals surface area contributed by atoms with Crippen LogP contribution in [0.25, 0.3) is 11.3 Å². The molecule has 7 nitrogen and oxygen atoms in total. The molecule has 1 amide bonds. The summed E-state index contributed by atoms with van der Waals surface area (Å²) in [5.74, 6) is -0.0414. The van der Waals surface area contributed by atoms with Gasteiger partial charge in [0.15, 0.2) is 5.82 Å². The summed E-state index contributed by atoms with van der Waals surface area (Å²) in [6.07, 6.45) is 1.93. The summed E-state index contributed by atoms with van der Waals surface area (Å²) in [5, 5.41) is 6.32. The van der Waals surface area contributed by atoms with E-state index in [1.54, 1.807) is 18.2 Å². The number of carbonyl (C=O) groups excluding carboxylic acids is 1. The first kappa shape index (κ1) is 24.1. The summed E-state index contributed by atoms with van der Waals surface area (Å²) in [6, 6.07) is 26.6. The Morgan fingerprint density at radius 1 is 1.00 bits per heavy atom. The van der Waals surface area contributed by atoms with Gasteiger partial charge in [-0.25, -0.2) is 10.5 Å². The highest BCUT2D eigenvalue weighted by Crippen LogP contribution is 2.30. The molecule has 0 aliphatic heterocycles. The molecule has 1 aromatic heterocycles. The van der Waals surface area contributed by atoms with Gasteiger partial charge in [0.25, 0.3) is 5.91 Å². The van der Waals surface area contributed by atoms with Crippen molar-refractivity contribution in [2.24, 2.45) is 5.11 Å². The zero-order valence-corrected chi connectivity index (χ0v) is 20.0. The highest BCUT2D eigenvalue weighted by atomic mass is 32.2. The second-order valence-corrected chi connectivity index (χ2v) is 8.61. The lowest BCUT2D eigenvalue weighted by Crippen LogP contribution is -2.13. The van der Waals surface area contributed by atoms with Crippen LogP contribution in [0, 0.1) is 5.53 Å². The molecule has 4 rings (SSSR count). The predicted molar refractivity (Wildman–Crippen MR) is 140 cm³/mol. The first-order valence-electron chi connectivity index (χ1n) is 10.9. The number of anilines is 2. The van der Waals surface area contributed by atoms with E-state index in [2.05, 4.69) is 15.4 Å². The van der Waals surface area contributed by atoms with Gasteiger partial charge in [0.05, 0.1) is 24.5 Å². The van der Waals surface area contributed by atoms with E-state index in [1.165, 1.54) is 11.8 Å². The Bertz CT molecular complexity index is 1330. The van der Waals surface area contributed by atoms with Crippen LogP contribution in [0.4, 0.5) is 17.2 Å². The molecule has 0 radical (unpaired) electrons. The molecule has 35 heavy (non-hydrogen) atoms. The molecule has 3 aromatic carbocycles. The van der Waals surface area contributed by atoms with Crippen LogP contribution in [0.2, 0.25) is 0 Å². The summed E-state index contributed by atoms with van der Waals surface area (Å²) >= 11 is 1.49. The van der Waals surface area contributed by atoms with Crippen molar-refractivity contribution in [1.82, 2.24) is 4.98 Å². The Balaban J connectivity index is 1.44. The number of hydrogen-bond donors (Lipinski definition) is 3. The van der Waals surface area contributed by atoms with Crippen molar-refractivity contribution in [3.63, 3.8) is 0 Å². The summed E-state index contributed by atoms with van der Waals surface area (Å²) in [4.78, 5) is 18.3. The van der Waals surface area contributed by atoms with Crippen LogP contribution < -0.4 is 11.1 Å². The van der Waals surface area contributed by atoms with Crippen molar-refractivity contribution < 1.29 is 9.53 Å². The van der Waals surface area contributed by atoms with Crippen molar-refractivity contribution >= 4 is 34.9 Å². The third-order valence-electron chi connectivity index (χ3n) is 5.35. The fourth-order valence-corrected chi connectivity index (χ4v) is 4.09. The van der Waals surface area contributed by atoms with Crippen LogP contribution in [-0.4, -0.2) is 17.1 Å². The standard InChI is InChI=1S/C27H25N5O2S/c1-35-25-14-9-20(23-12-13-24(32-29)26(28)31-23)15-22(25)27(33)30-21-10-7-19(8-11-21)17-34-16-18-5-3-2-4-6-18/h2-15,29H,16-17H2,1H3,(H2,28,31)(H,30,33). The van der Waals surface area contributed by atoms with Gasteiger partial charge in [-0.1, -0.05) is 48.5 Å². The largest absolute Gasteiger partial charge is 0.382 e. The van der Waals surface area contributed by atoms with Gasteiger partial charge in [0, 0.05) is 16.1 Å². The van der Waals surface area contributed by atoms with E-state index in [1.807, 2.05) is 73.0 Å². The Hall–Kier alpha value is -4.01. The smallest absolute Gasteiger partial charge is 0.256 e. The van der Waals surface area contributed by atoms with Crippen molar-refractivity contribution in [3.05, 3.63) is 102 Å². The fourth-order valence-electron chi connectivity index (χ4n) is 3.51. The van der Waals surface area contributed by atoms with E-state index in [0.29, 0.717) is 35.8 Å². The van der Waals surface area contributed by atoms with Crippen LogP contribution in [0.5, 0.6) is 0 Å². The van der Waals surface area contributed by atoms with E-state index in [9.17, 15) is 4.79 Å². The molecule has 8 heteroatoms. The third-order valence-corrected chi connectivity index (χ3v) is 6.15. The molecule has 0 saturated heterocycles. The van der Waals surface area contributed by atoms with E-state index in [4.69, 9.17) is 16.0 Å². The third kappa shape index (κ3) is 6.11. The number of benzene rings is 3. The minimum absolute atomic E-state index is 0.172. The van der Waals surface area contributed by atoms with Crippen LogP contribution in [0.1, 0.15) is 21.5 Å². The van der Waals surface area contributed by atoms with Crippen molar-refractivity contribution in [2.75, 3.05) is 17.3 Å². The molecule has 0 saturated carbocycles. The molecule has 1 heterocycles. The highest BCUT2D eigenvalue weighted by Gasteiger charge is 2.14. The molecule has 0 spiro atoms. The molecule has 0 unspecified atom stereocenters. The second-order valence-electron chi connectivity index (χ2n) is 7.76. The number of pyridine rings is 1. The van der Waals surface area contributed by atoms with Gasteiger partial charge in [-0.05, 0) is 53.8 Å². The molecule has 0 atom stereocenters. The first-order valence-corrected chi connectivity index (χ1v) is 12.1. The van der Waals surface area contributed by atoms with Crippen molar-refractivity contribution in [3.8, 4) is 11.3 Å². The van der Waals surface area contributed by atoms with E-state index in [-0.39, 0.29) is 11.7 Å². The molecule has 0 bridgehead atoms. The minimum atomic E-state index is -0.213. The monoisotopic (exact) mass is 483 g/mol. The molecular formula is C27H25N5O2S. The maximum absolute atomic E-state index is 13.1. The van der Waals surface area contributed by atoms with Crippen LogP contribution in [-0.2, 0) is 18.0 Å². The van der Waals surface area contributed by atoms with Crippen LogP contribution in [0.3, 0.4) is 0 Å². The average molecular weight is 484 g/mol. The Labute approximate surface area is 208 Å². The molecule has 176 valence electrons. The second kappa shape index (κ2) is 11.4. The van der Waals surface area contributed by atoms with Crippen molar-refractivity contribution in [1.29, 1.82) is 5.53 Å². The molecule has 4 aromatic rings. The van der Waals surface area contributed by atoms with Gasteiger partial charge in [-0.15, -0.1) is 11.8 Å². The van der Waals surface area contributed by atoms with Crippen LogP contribution in [0.15, 0.2) is 94.9 Å². The maximum atomic E-state index is 13.1. The first-order chi connectivity index (χ1) is 17.1. The zero-order chi connectivity index (χ0) is 24.6. The number of nitrogen functional groups attached to an aromatic ring is 1. The van der Waals surface area contributed by atoms with E-state index < -0.39 is 0 Å². The van der Waals surface area contributed by atoms with Gasteiger partial charge >= 0.3 is 0 Å². The van der Waals surface area contributed by atoms with Gasteiger partial charge in [0.1, 0.15) is 5.69 Å². The van der Waals surface area contributed by atoms with E-state index in [0.717, 1.165) is 21.6 Å². The molecule has 4 N–H and O–H groups in total.